The molecule has 1 aliphatic rings. The van der Waals surface area contributed by atoms with E-state index in [4.69, 9.17) is 4.98 Å². The Labute approximate surface area is 122 Å². The van der Waals surface area contributed by atoms with Crippen molar-refractivity contribution in [1.29, 1.82) is 0 Å². The molecule has 1 aromatic heterocycles. The molecular weight excluding hydrogens is 272 g/mol. The summed E-state index contributed by atoms with van der Waals surface area (Å²) in [5.41, 5.74) is 2.42. The average molecular weight is 290 g/mol. The first-order valence-corrected chi connectivity index (χ1v) is 8.69. The zero-order valence-electron chi connectivity index (χ0n) is 10.8. The number of nitrogens with one attached hydrogen (secondary N) is 1. The smallest absolute Gasteiger partial charge is 0.106 e. The van der Waals surface area contributed by atoms with Crippen LogP contribution >= 0.6 is 23.1 Å². The number of hydrogen-bond acceptors (Lipinski definition) is 4. The summed E-state index contributed by atoms with van der Waals surface area (Å²) in [7, 11) is 0. The summed E-state index contributed by atoms with van der Waals surface area (Å²) >= 11 is 3.90. The van der Waals surface area contributed by atoms with Crippen LogP contribution in [0.3, 0.4) is 0 Å². The Morgan fingerprint density at radius 1 is 1.26 bits per heavy atom. The van der Waals surface area contributed by atoms with E-state index >= 15 is 0 Å². The lowest BCUT2D eigenvalue weighted by atomic mass is 10.2. The molecule has 0 aliphatic carbocycles. The first kappa shape index (κ1) is 13.0. The summed E-state index contributed by atoms with van der Waals surface area (Å²) in [5.74, 6) is 1.30. The van der Waals surface area contributed by atoms with Crippen molar-refractivity contribution in [2.24, 2.45) is 0 Å². The number of anilines is 1. The minimum absolute atomic E-state index is 0.667. The van der Waals surface area contributed by atoms with Crippen molar-refractivity contribution >= 4 is 28.8 Å². The third kappa shape index (κ3) is 3.51. The lowest BCUT2D eigenvalue weighted by Gasteiger charge is -2.04. The highest BCUT2D eigenvalue weighted by atomic mass is 32.2. The summed E-state index contributed by atoms with van der Waals surface area (Å²) in [5, 5.41) is 7.65. The molecule has 1 unspecified atom stereocenters. The number of hydrogen-bond donors (Lipinski definition) is 1. The van der Waals surface area contributed by atoms with E-state index in [0.717, 1.165) is 13.0 Å². The highest BCUT2D eigenvalue weighted by molar-refractivity contribution is 7.99. The van der Waals surface area contributed by atoms with E-state index in [0.29, 0.717) is 5.25 Å². The predicted octanol–water partition coefficient (Wildman–Crippen LogP) is 4.37. The van der Waals surface area contributed by atoms with Crippen molar-refractivity contribution in [3.8, 4) is 0 Å². The molecule has 0 radical (unpaired) electrons. The fourth-order valence-corrected chi connectivity index (χ4v) is 4.63. The Morgan fingerprint density at radius 3 is 2.95 bits per heavy atom. The third-order valence-electron chi connectivity index (χ3n) is 3.26. The van der Waals surface area contributed by atoms with Gasteiger partial charge in [-0.15, -0.1) is 11.3 Å². The molecule has 1 aliphatic heterocycles. The van der Waals surface area contributed by atoms with Crippen molar-refractivity contribution in [2.75, 3.05) is 17.6 Å². The van der Waals surface area contributed by atoms with Crippen molar-refractivity contribution in [3.05, 3.63) is 46.4 Å². The van der Waals surface area contributed by atoms with E-state index in [1.807, 2.05) is 17.4 Å². The molecule has 1 aromatic carbocycles. The van der Waals surface area contributed by atoms with Crippen LogP contribution < -0.4 is 5.32 Å². The van der Waals surface area contributed by atoms with Gasteiger partial charge in [-0.3, -0.25) is 0 Å². The third-order valence-corrected chi connectivity index (χ3v) is 5.80. The second-order valence-corrected chi connectivity index (χ2v) is 6.92. The van der Waals surface area contributed by atoms with Crippen molar-refractivity contribution in [2.45, 2.75) is 24.5 Å². The maximum absolute atomic E-state index is 4.78. The molecule has 100 valence electrons. The van der Waals surface area contributed by atoms with Crippen LogP contribution in [0.1, 0.15) is 28.8 Å². The van der Waals surface area contributed by atoms with Crippen LogP contribution in [0.15, 0.2) is 35.7 Å². The molecule has 19 heavy (non-hydrogen) atoms. The highest BCUT2D eigenvalue weighted by Gasteiger charge is 2.20. The molecule has 0 amide bonds. The Morgan fingerprint density at radius 2 is 2.16 bits per heavy atom. The van der Waals surface area contributed by atoms with Gasteiger partial charge in [-0.1, -0.05) is 18.2 Å². The fourth-order valence-electron chi connectivity index (χ4n) is 2.25. The van der Waals surface area contributed by atoms with Crippen LogP contribution in [0, 0.1) is 0 Å². The maximum Gasteiger partial charge on any atom is 0.106 e. The fraction of sp³-hybridized carbons (Fsp3) is 0.400. The van der Waals surface area contributed by atoms with Crippen molar-refractivity contribution in [1.82, 2.24) is 4.98 Å². The number of benzene rings is 1. The van der Waals surface area contributed by atoms with Crippen molar-refractivity contribution in [3.63, 3.8) is 0 Å². The molecule has 1 fully saturated rings. The van der Waals surface area contributed by atoms with Crippen LogP contribution in [-0.4, -0.2) is 17.3 Å². The molecule has 0 spiro atoms. The van der Waals surface area contributed by atoms with Gasteiger partial charge in [0.15, 0.2) is 0 Å². The van der Waals surface area contributed by atoms with Gasteiger partial charge in [0.05, 0.1) is 10.9 Å². The average Bonchev–Trinajstić information content (AvgIpc) is 3.10. The second-order valence-electron chi connectivity index (χ2n) is 4.72. The molecule has 4 heteroatoms. The van der Waals surface area contributed by atoms with Gasteiger partial charge in [0, 0.05) is 24.0 Å². The lowest BCUT2D eigenvalue weighted by Crippen LogP contribution is -2.05. The topological polar surface area (TPSA) is 24.9 Å². The van der Waals surface area contributed by atoms with Gasteiger partial charge in [0.2, 0.25) is 0 Å². The van der Waals surface area contributed by atoms with Gasteiger partial charge in [-0.2, -0.15) is 11.8 Å². The summed E-state index contributed by atoms with van der Waals surface area (Å²) in [6.45, 7) is 0.949. The first-order valence-electron chi connectivity index (χ1n) is 6.76. The van der Waals surface area contributed by atoms with Crippen LogP contribution in [0.5, 0.6) is 0 Å². The molecule has 1 saturated heterocycles. The number of nitrogens with zero attached hydrogens (tertiary/aromatic N) is 1. The molecular formula is C15H18N2S2. The molecule has 2 heterocycles. The van der Waals surface area contributed by atoms with E-state index in [1.165, 1.54) is 35.0 Å². The summed E-state index contributed by atoms with van der Waals surface area (Å²) in [6.07, 6.45) is 3.66. The number of para-hydroxylation sites is 1. The van der Waals surface area contributed by atoms with Crippen molar-refractivity contribution < 1.29 is 0 Å². The first-order chi connectivity index (χ1) is 9.42. The number of aromatic nitrogens is 1. The van der Waals surface area contributed by atoms with E-state index in [2.05, 4.69) is 46.7 Å². The van der Waals surface area contributed by atoms with Crippen LogP contribution in [0.4, 0.5) is 5.69 Å². The highest BCUT2D eigenvalue weighted by Crippen LogP contribution is 2.40. The predicted molar refractivity (Wildman–Crippen MR) is 85.2 cm³/mol. The summed E-state index contributed by atoms with van der Waals surface area (Å²) < 4.78 is 0. The summed E-state index contributed by atoms with van der Waals surface area (Å²) in [4.78, 5) is 4.78. The molecule has 1 atom stereocenters. The van der Waals surface area contributed by atoms with Gasteiger partial charge in [0.25, 0.3) is 0 Å². The minimum Gasteiger partial charge on any atom is -0.385 e. The monoisotopic (exact) mass is 290 g/mol. The normalized spacial score (nSPS) is 18.6. The zero-order valence-corrected chi connectivity index (χ0v) is 12.5. The molecule has 1 N–H and O–H groups in total. The van der Waals surface area contributed by atoms with E-state index in [1.54, 1.807) is 0 Å². The number of thioether (sulfide) groups is 1. The van der Waals surface area contributed by atoms with E-state index in [-0.39, 0.29) is 0 Å². The maximum atomic E-state index is 4.78. The van der Waals surface area contributed by atoms with Gasteiger partial charge in [-0.05, 0) is 30.7 Å². The standard InChI is InChI=1S/C15H18N2S2/c1-2-5-12(6-3-1)16-9-8-13-11-19-15(17-13)14-7-4-10-18-14/h1-3,5-6,11,14,16H,4,7-10H2. The van der Waals surface area contributed by atoms with Gasteiger partial charge >= 0.3 is 0 Å². The minimum atomic E-state index is 0.667. The second kappa shape index (κ2) is 6.44. The van der Waals surface area contributed by atoms with Gasteiger partial charge < -0.3 is 5.32 Å². The van der Waals surface area contributed by atoms with Crippen LogP contribution in [0.25, 0.3) is 0 Å². The summed E-state index contributed by atoms with van der Waals surface area (Å²) in [6, 6.07) is 10.3. The Bertz CT molecular complexity index is 504. The SMILES string of the molecule is c1ccc(NCCc2csc(C3CCCS3)n2)cc1. The molecule has 2 aromatic rings. The van der Waals surface area contributed by atoms with Crippen LogP contribution in [0.2, 0.25) is 0 Å². The molecule has 0 saturated carbocycles. The number of rotatable bonds is 5. The van der Waals surface area contributed by atoms with Gasteiger partial charge in [-0.25, -0.2) is 4.98 Å². The van der Waals surface area contributed by atoms with E-state index in [9.17, 15) is 0 Å². The molecule has 2 nitrogen and oxygen atoms in total. The van der Waals surface area contributed by atoms with Gasteiger partial charge in [0.1, 0.15) is 5.01 Å². The molecule has 3 rings (SSSR count). The molecule has 0 bridgehead atoms. The van der Waals surface area contributed by atoms with E-state index < -0.39 is 0 Å². The number of thiazole rings is 1. The Hall–Kier alpha value is -1.00. The lowest BCUT2D eigenvalue weighted by molar-refractivity contribution is 0.815. The Balaban J connectivity index is 1.50. The quantitative estimate of drug-likeness (QED) is 0.885. The van der Waals surface area contributed by atoms with Crippen LogP contribution in [-0.2, 0) is 6.42 Å². The Kier molecular flexibility index (Phi) is 4.41. The zero-order chi connectivity index (χ0) is 12.9. The largest absolute Gasteiger partial charge is 0.385 e.